The second kappa shape index (κ2) is 2.14. The molecule has 1 N–H and O–H groups in total. The van der Waals surface area contributed by atoms with Crippen LogP contribution in [0.1, 0.15) is 12.8 Å². The Morgan fingerprint density at radius 2 is 2.00 bits per heavy atom. The van der Waals surface area contributed by atoms with Crippen LogP contribution in [-0.4, -0.2) is 31.2 Å². The third-order valence-corrected chi connectivity index (χ3v) is 2.67. The van der Waals surface area contributed by atoms with E-state index in [1.807, 2.05) is 0 Å². The van der Waals surface area contributed by atoms with Crippen LogP contribution in [0.15, 0.2) is 0 Å². The number of hydrogen-bond acceptors (Lipinski definition) is 2. The van der Waals surface area contributed by atoms with E-state index in [1.54, 1.807) is 0 Å². The van der Waals surface area contributed by atoms with Crippen LogP contribution >= 0.6 is 0 Å². The molecular formula is C7H11F2NO. The minimum atomic E-state index is -2.66. The van der Waals surface area contributed by atoms with E-state index in [9.17, 15) is 8.78 Å². The molecule has 1 unspecified atom stereocenters. The molecule has 2 aliphatic heterocycles. The lowest BCUT2D eigenvalue weighted by molar-refractivity contribution is -0.197. The largest absolute Gasteiger partial charge is 0.375 e. The van der Waals surface area contributed by atoms with Crippen LogP contribution in [-0.2, 0) is 4.74 Å². The van der Waals surface area contributed by atoms with Gasteiger partial charge in [0.2, 0.25) is 0 Å². The molecule has 0 aromatic carbocycles. The number of halogens is 2. The highest BCUT2D eigenvalue weighted by atomic mass is 19.3. The van der Waals surface area contributed by atoms with E-state index < -0.39 is 18.1 Å². The molecule has 2 nitrogen and oxygen atoms in total. The zero-order valence-electron chi connectivity index (χ0n) is 6.20. The SMILES string of the molecule is FC1(F)COCCC12CCN2. The van der Waals surface area contributed by atoms with Gasteiger partial charge in [-0.1, -0.05) is 0 Å². The van der Waals surface area contributed by atoms with Crippen molar-refractivity contribution in [1.82, 2.24) is 5.32 Å². The summed E-state index contributed by atoms with van der Waals surface area (Å²) in [7, 11) is 0. The molecule has 1 atom stereocenters. The Kier molecular flexibility index (Phi) is 1.44. The van der Waals surface area contributed by atoms with E-state index in [2.05, 4.69) is 5.32 Å². The first-order valence-corrected chi connectivity index (χ1v) is 3.87. The predicted molar refractivity (Wildman–Crippen MR) is 35.7 cm³/mol. The molecule has 4 heteroatoms. The minimum Gasteiger partial charge on any atom is -0.375 e. The average molecular weight is 163 g/mol. The molecule has 0 amide bonds. The summed E-state index contributed by atoms with van der Waals surface area (Å²) >= 11 is 0. The van der Waals surface area contributed by atoms with Gasteiger partial charge in [0, 0.05) is 6.61 Å². The molecule has 0 saturated carbocycles. The van der Waals surface area contributed by atoms with Crippen LogP contribution in [0.4, 0.5) is 8.78 Å². The second-order valence-electron chi connectivity index (χ2n) is 3.27. The lowest BCUT2D eigenvalue weighted by atomic mass is 9.78. The minimum absolute atomic E-state index is 0.417. The number of ether oxygens (including phenoxy) is 1. The Labute approximate surface area is 63.9 Å². The summed E-state index contributed by atoms with van der Waals surface area (Å²) in [6, 6.07) is 0. The van der Waals surface area contributed by atoms with Crippen LogP contribution in [0.3, 0.4) is 0 Å². The van der Waals surface area contributed by atoms with E-state index in [1.165, 1.54) is 0 Å². The van der Waals surface area contributed by atoms with Crippen LogP contribution in [0, 0.1) is 0 Å². The maximum absolute atomic E-state index is 13.1. The second-order valence-corrected chi connectivity index (χ2v) is 3.27. The molecule has 2 rings (SSSR count). The van der Waals surface area contributed by atoms with Crippen molar-refractivity contribution in [1.29, 1.82) is 0 Å². The molecule has 11 heavy (non-hydrogen) atoms. The first-order chi connectivity index (χ1) is 5.16. The van der Waals surface area contributed by atoms with Crippen LogP contribution in [0.25, 0.3) is 0 Å². The Morgan fingerprint density at radius 1 is 1.27 bits per heavy atom. The third kappa shape index (κ3) is 0.891. The smallest absolute Gasteiger partial charge is 0.288 e. The molecule has 0 aromatic rings. The maximum atomic E-state index is 13.1. The molecule has 0 radical (unpaired) electrons. The fourth-order valence-electron chi connectivity index (χ4n) is 1.72. The van der Waals surface area contributed by atoms with Crippen LogP contribution in [0.2, 0.25) is 0 Å². The summed E-state index contributed by atoms with van der Waals surface area (Å²) in [5.74, 6) is -2.66. The Hall–Kier alpha value is -0.220. The molecule has 64 valence electrons. The third-order valence-electron chi connectivity index (χ3n) is 2.67. The van der Waals surface area contributed by atoms with Crippen LogP contribution < -0.4 is 5.32 Å². The number of nitrogens with one attached hydrogen (secondary N) is 1. The van der Waals surface area contributed by atoms with Crippen LogP contribution in [0.5, 0.6) is 0 Å². The van der Waals surface area contributed by atoms with E-state index >= 15 is 0 Å². The number of alkyl halides is 2. The van der Waals surface area contributed by atoms with E-state index in [-0.39, 0.29) is 0 Å². The van der Waals surface area contributed by atoms with Gasteiger partial charge in [0.25, 0.3) is 5.92 Å². The molecular weight excluding hydrogens is 152 g/mol. The van der Waals surface area contributed by atoms with Crippen molar-refractivity contribution in [2.45, 2.75) is 24.3 Å². The van der Waals surface area contributed by atoms with E-state index in [0.29, 0.717) is 19.4 Å². The zero-order chi connectivity index (χ0) is 7.95. The molecule has 0 bridgehead atoms. The van der Waals surface area contributed by atoms with Crippen molar-refractivity contribution in [2.75, 3.05) is 19.8 Å². The average Bonchev–Trinajstić information content (AvgIpc) is 1.83. The fourth-order valence-corrected chi connectivity index (χ4v) is 1.72. The van der Waals surface area contributed by atoms with Crippen molar-refractivity contribution in [2.24, 2.45) is 0 Å². The highest BCUT2D eigenvalue weighted by molar-refractivity contribution is 5.08. The molecule has 2 saturated heterocycles. The number of rotatable bonds is 0. The Balaban J connectivity index is 2.15. The highest BCUT2D eigenvalue weighted by Crippen LogP contribution is 2.41. The van der Waals surface area contributed by atoms with Crippen molar-refractivity contribution in [3.63, 3.8) is 0 Å². The van der Waals surface area contributed by atoms with Gasteiger partial charge in [-0.15, -0.1) is 0 Å². The fraction of sp³-hybridized carbons (Fsp3) is 1.00. The van der Waals surface area contributed by atoms with Gasteiger partial charge in [-0.3, -0.25) is 0 Å². The number of hydrogen-bond donors (Lipinski definition) is 1. The lowest BCUT2D eigenvalue weighted by Crippen LogP contribution is -2.70. The van der Waals surface area contributed by atoms with Gasteiger partial charge in [-0.2, -0.15) is 0 Å². The zero-order valence-corrected chi connectivity index (χ0v) is 6.20. The molecule has 2 heterocycles. The highest BCUT2D eigenvalue weighted by Gasteiger charge is 2.58. The van der Waals surface area contributed by atoms with Crippen molar-refractivity contribution in [3.8, 4) is 0 Å². The van der Waals surface area contributed by atoms with Gasteiger partial charge in [-0.05, 0) is 19.4 Å². The van der Waals surface area contributed by atoms with Gasteiger partial charge in [0.1, 0.15) is 6.61 Å². The molecule has 0 aliphatic carbocycles. The van der Waals surface area contributed by atoms with Gasteiger partial charge < -0.3 is 10.1 Å². The van der Waals surface area contributed by atoms with E-state index in [4.69, 9.17) is 4.74 Å². The van der Waals surface area contributed by atoms with E-state index in [0.717, 1.165) is 6.54 Å². The van der Waals surface area contributed by atoms with Gasteiger partial charge >= 0.3 is 0 Å². The van der Waals surface area contributed by atoms with Crippen molar-refractivity contribution >= 4 is 0 Å². The summed E-state index contributed by atoms with van der Waals surface area (Å²) in [6.07, 6.45) is 1.03. The first-order valence-electron chi connectivity index (χ1n) is 3.87. The predicted octanol–water partition coefficient (Wildman–Crippen LogP) is 0.774. The summed E-state index contributed by atoms with van der Waals surface area (Å²) in [5.41, 5.74) is -0.911. The lowest BCUT2D eigenvalue weighted by Gasteiger charge is -2.50. The van der Waals surface area contributed by atoms with Crippen molar-refractivity contribution < 1.29 is 13.5 Å². The van der Waals surface area contributed by atoms with Gasteiger partial charge in [0.15, 0.2) is 0 Å². The van der Waals surface area contributed by atoms with Gasteiger partial charge in [0.05, 0.1) is 5.54 Å². The molecule has 2 fully saturated rings. The monoisotopic (exact) mass is 163 g/mol. The summed E-state index contributed by atoms with van der Waals surface area (Å²) in [4.78, 5) is 0. The summed E-state index contributed by atoms with van der Waals surface area (Å²) in [5, 5.41) is 2.82. The first kappa shape index (κ1) is 7.43. The Bertz CT molecular complexity index is 168. The van der Waals surface area contributed by atoms with Crippen molar-refractivity contribution in [3.05, 3.63) is 0 Å². The molecule has 1 spiro atoms. The standard InChI is InChI=1S/C7H11F2NO/c8-7(9)5-11-4-2-6(7)1-3-10-6/h10H,1-5H2. The molecule has 2 aliphatic rings. The topological polar surface area (TPSA) is 21.3 Å². The summed E-state index contributed by atoms with van der Waals surface area (Å²) < 4.78 is 31.0. The summed E-state index contributed by atoms with van der Waals surface area (Å²) in [6.45, 7) is 0.762. The molecule has 0 aromatic heterocycles. The maximum Gasteiger partial charge on any atom is 0.288 e. The Morgan fingerprint density at radius 3 is 2.36 bits per heavy atom. The normalized spacial score (nSPS) is 42.0. The quantitative estimate of drug-likeness (QED) is 0.569. The van der Waals surface area contributed by atoms with Gasteiger partial charge in [-0.25, -0.2) is 8.78 Å².